The molecule has 2 aliphatic rings. The third-order valence-corrected chi connectivity index (χ3v) is 3.07. The van der Waals surface area contributed by atoms with Crippen LogP contribution >= 0.6 is 0 Å². The summed E-state index contributed by atoms with van der Waals surface area (Å²) in [5.41, 5.74) is 0. The van der Waals surface area contributed by atoms with Crippen LogP contribution in [0.1, 0.15) is 34.6 Å². The number of rotatable bonds is 1. The largest absolute Gasteiger partial charge is 0.346 e. The molecule has 0 N–H and O–H groups in total. The highest BCUT2D eigenvalue weighted by Gasteiger charge is 2.53. The molecule has 82 valence electrons. The Kier molecular flexibility index (Phi) is 2.37. The second-order valence-corrected chi connectivity index (χ2v) is 5.17. The van der Waals surface area contributed by atoms with Gasteiger partial charge in [0, 0.05) is 5.92 Å². The van der Waals surface area contributed by atoms with Crippen molar-refractivity contribution in [1.29, 1.82) is 0 Å². The van der Waals surface area contributed by atoms with Crippen molar-refractivity contribution in [3.63, 3.8) is 0 Å². The van der Waals surface area contributed by atoms with Crippen molar-refractivity contribution in [1.82, 2.24) is 0 Å². The third-order valence-electron chi connectivity index (χ3n) is 3.07. The Hall–Kier alpha value is -0.120. The van der Waals surface area contributed by atoms with Crippen LogP contribution in [0.4, 0.5) is 0 Å². The Bertz CT molecular complexity index is 223. The Morgan fingerprint density at radius 3 is 2.29 bits per heavy atom. The van der Waals surface area contributed by atoms with Crippen LogP contribution < -0.4 is 0 Å². The van der Waals surface area contributed by atoms with Crippen molar-refractivity contribution >= 4 is 0 Å². The van der Waals surface area contributed by atoms with Crippen molar-refractivity contribution in [2.75, 3.05) is 0 Å². The molecule has 2 rings (SSSR count). The Balaban J connectivity index is 2.08. The minimum Gasteiger partial charge on any atom is -0.346 e. The van der Waals surface area contributed by atoms with Gasteiger partial charge in [-0.25, -0.2) is 0 Å². The fraction of sp³-hybridized carbons (Fsp3) is 1.00. The van der Waals surface area contributed by atoms with E-state index in [-0.39, 0.29) is 18.5 Å². The van der Waals surface area contributed by atoms with E-state index in [1.54, 1.807) is 0 Å². The van der Waals surface area contributed by atoms with Crippen molar-refractivity contribution in [3.05, 3.63) is 0 Å². The van der Waals surface area contributed by atoms with Crippen LogP contribution in [0.5, 0.6) is 0 Å². The van der Waals surface area contributed by atoms with E-state index < -0.39 is 5.79 Å². The lowest BCUT2D eigenvalue weighted by molar-refractivity contribution is -0.213. The maximum Gasteiger partial charge on any atom is 0.187 e. The first-order valence-electron chi connectivity index (χ1n) is 5.42. The maximum absolute atomic E-state index is 5.85. The van der Waals surface area contributed by atoms with Crippen LogP contribution in [-0.4, -0.2) is 24.3 Å². The van der Waals surface area contributed by atoms with Gasteiger partial charge in [0.15, 0.2) is 12.1 Å². The van der Waals surface area contributed by atoms with Crippen LogP contribution in [0.25, 0.3) is 0 Å². The molecule has 0 aromatic carbocycles. The molecular weight excluding hydrogens is 180 g/mol. The summed E-state index contributed by atoms with van der Waals surface area (Å²) in [5.74, 6) is 0.457. The first-order valence-corrected chi connectivity index (χ1v) is 5.42. The molecule has 0 saturated carbocycles. The monoisotopic (exact) mass is 200 g/mol. The minimum atomic E-state index is -0.481. The zero-order valence-corrected chi connectivity index (χ0v) is 9.61. The van der Waals surface area contributed by atoms with Crippen LogP contribution in [0.15, 0.2) is 0 Å². The molecule has 0 spiro atoms. The molecule has 0 radical (unpaired) electrons. The normalized spacial score (nSPS) is 45.9. The summed E-state index contributed by atoms with van der Waals surface area (Å²) < 4.78 is 17.3. The molecule has 2 saturated heterocycles. The zero-order chi connectivity index (χ0) is 10.5. The van der Waals surface area contributed by atoms with Crippen LogP contribution in [0.2, 0.25) is 0 Å². The van der Waals surface area contributed by atoms with Gasteiger partial charge < -0.3 is 14.2 Å². The van der Waals surface area contributed by atoms with E-state index in [9.17, 15) is 0 Å². The SMILES string of the molecule is CC(C)[C@H]1O[C@@H]2OC(C)(C)O[C@@H]2[C@@H]1C. The molecule has 4 atom stereocenters. The fourth-order valence-electron chi connectivity index (χ4n) is 2.45. The molecule has 3 heteroatoms. The first-order chi connectivity index (χ1) is 6.41. The van der Waals surface area contributed by atoms with Crippen molar-refractivity contribution in [2.45, 2.75) is 58.9 Å². The lowest BCUT2D eigenvalue weighted by Crippen LogP contribution is -2.30. The van der Waals surface area contributed by atoms with Gasteiger partial charge in [0.2, 0.25) is 0 Å². The standard InChI is InChI=1S/C11H20O3/c1-6(2)8-7(3)9-10(12-8)14-11(4,5)13-9/h6-10H,1-5H3/t7-,8-,9-,10-/m1/s1. The maximum atomic E-state index is 5.85. The van der Waals surface area contributed by atoms with E-state index in [4.69, 9.17) is 14.2 Å². The van der Waals surface area contributed by atoms with Crippen LogP contribution in [0.3, 0.4) is 0 Å². The molecule has 14 heavy (non-hydrogen) atoms. The summed E-state index contributed by atoms with van der Waals surface area (Å²) in [4.78, 5) is 0. The lowest BCUT2D eigenvalue weighted by Gasteiger charge is -2.25. The molecule has 0 aromatic heterocycles. The van der Waals surface area contributed by atoms with E-state index >= 15 is 0 Å². The second kappa shape index (κ2) is 3.19. The van der Waals surface area contributed by atoms with E-state index in [0.717, 1.165) is 0 Å². The van der Waals surface area contributed by atoms with Gasteiger partial charge in [-0.05, 0) is 19.8 Å². The quantitative estimate of drug-likeness (QED) is 0.649. The first kappa shape index (κ1) is 10.4. The Morgan fingerprint density at radius 2 is 1.79 bits per heavy atom. The number of fused-ring (bicyclic) bond motifs is 1. The average Bonchev–Trinajstić information content (AvgIpc) is 2.46. The van der Waals surface area contributed by atoms with Gasteiger partial charge in [-0.2, -0.15) is 0 Å². The highest BCUT2D eigenvalue weighted by atomic mass is 16.8. The summed E-state index contributed by atoms with van der Waals surface area (Å²) in [7, 11) is 0. The molecule has 2 aliphatic heterocycles. The smallest absolute Gasteiger partial charge is 0.187 e. The summed E-state index contributed by atoms with van der Waals surface area (Å²) in [6.07, 6.45) is 0.214. The molecule has 0 amide bonds. The van der Waals surface area contributed by atoms with E-state index in [0.29, 0.717) is 11.8 Å². The summed E-state index contributed by atoms with van der Waals surface area (Å²) in [6, 6.07) is 0. The van der Waals surface area contributed by atoms with E-state index in [1.807, 2.05) is 13.8 Å². The van der Waals surface area contributed by atoms with E-state index in [1.165, 1.54) is 0 Å². The van der Waals surface area contributed by atoms with E-state index in [2.05, 4.69) is 20.8 Å². The molecule has 2 fully saturated rings. The molecule has 3 nitrogen and oxygen atoms in total. The zero-order valence-electron chi connectivity index (χ0n) is 9.61. The van der Waals surface area contributed by atoms with Crippen LogP contribution in [-0.2, 0) is 14.2 Å². The van der Waals surface area contributed by atoms with Gasteiger partial charge in [0.25, 0.3) is 0 Å². The van der Waals surface area contributed by atoms with Gasteiger partial charge in [-0.15, -0.1) is 0 Å². The topological polar surface area (TPSA) is 27.7 Å². The fourth-order valence-corrected chi connectivity index (χ4v) is 2.45. The van der Waals surface area contributed by atoms with Crippen LogP contribution in [0, 0.1) is 11.8 Å². The van der Waals surface area contributed by atoms with Crippen molar-refractivity contribution in [2.24, 2.45) is 11.8 Å². The van der Waals surface area contributed by atoms with Gasteiger partial charge in [-0.1, -0.05) is 20.8 Å². The molecule has 0 unspecified atom stereocenters. The van der Waals surface area contributed by atoms with Gasteiger partial charge in [0.05, 0.1) is 6.10 Å². The average molecular weight is 200 g/mol. The predicted molar refractivity (Wildman–Crippen MR) is 52.7 cm³/mol. The number of hydrogen-bond acceptors (Lipinski definition) is 3. The lowest BCUT2D eigenvalue weighted by atomic mass is 9.93. The molecule has 0 aromatic rings. The Morgan fingerprint density at radius 1 is 1.14 bits per heavy atom. The molecule has 0 aliphatic carbocycles. The summed E-state index contributed by atoms with van der Waals surface area (Å²) in [6.45, 7) is 10.4. The van der Waals surface area contributed by atoms with Gasteiger partial charge in [0.1, 0.15) is 6.10 Å². The highest BCUT2D eigenvalue weighted by molar-refractivity contribution is 4.91. The number of ether oxygens (including phenoxy) is 3. The predicted octanol–water partition coefficient (Wildman–Crippen LogP) is 2.15. The molecule has 0 bridgehead atoms. The highest BCUT2D eigenvalue weighted by Crippen LogP contribution is 2.42. The second-order valence-electron chi connectivity index (χ2n) is 5.17. The van der Waals surface area contributed by atoms with Crippen molar-refractivity contribution in [3.8, 4) is 0 Å². The number of hydrogen-bond donors (Lipinski definition) is 0. The van der Waals surface area contributed by atoms with Gasteiger partial charge in [-0.3, -0.25) is 0 Å². The van der Waals surface area contributed by atoms with Gasteiger partial charge >= 0.3 is 0 Å². The third kappa shape index (κ3) is 1.58. The minimum absolute atomic E-state index is 0.109. The summed E-state index contributed by atoms with van der Waals surface area (Å²) in [5, 5.41) is 0. The molecule has 2 heterocycles. The summed E-state index contributed by atoms with van der Waals surface area (Å²) >= 11 is 0. The molecular formula is C11H20O3. The Labute approximate surface area is 85.7 Å². The van der Waals surface area contributed by atoms with Crippen molar-refractivity contribution < 1.29 is 14.2 Å².